The molecule has 1 N–H and O–H groups in total. The van der Waals surface area contributed by atoms with Gasteiger partial charge in [0, 0.05) is 12.6 Å². The van der Waals surface area contributed by atoms with Crippen LogP contribution in [0.5, 0.6) is 0 Å². The minimum absolute atomic E-state index is 0.336. The van der Waals surface area contributed by atoms with Crippen molar-refractivity contribution in [1.82, 2.24) is 5.32 Å². The lowest BCUT2D eigenvalue weighted by atomic mass is 9.80. The standard InChI is InChI=1S/C14H25NO/c1-5-7-14(4,11-15-12(2)3)9-13-6-8-16-10-13/h6,8,10,12,15H,5,7,9,11H2,1-4H3. The van der Waals surface area contributed by atoms with Crippen LogP contribution in [0.3, 0.4) is 0 Å². The van der Waals surface area contributed by atoms with Gasteiger partial charge in [-0.2, -0.15) is 0 Å². The van der Waals surface area contributed by atoms with E-state index in [4.69, 9.17) is 4.42 Å². The third kappa shape index (κ3) is 4.40. The second-order valence-electron chi connectivity index (χ2n) is 5.40. The predicted molar refractivity (Wildman–Crippen MR) is 68.6 cm³/mol. The summed E-state index contributed by atoms with van der Waals surface area (Å²) >= 11 is 0. The van der Waals surface area contributed by atoms with Crippen molar-refractivity contribution in [3.05, 3.63) is 24.2 Å². The first-order valence-corrected chi connectivity index (χ1v) is 6.30. The first-order valence-electron chi connectivity index (χ1n) is 6.30. The minimum Gasteiger partial charge on any atom is -0.472 e. The summed E-state index contributed by atoms with van der Waals surface area (Å²) in [6.45, 7) is 10.1. The summed E-state index contributed by atoms with van der Waals surface area (Å²) in [5.74, 6) is 0. The highest BCUT2D eigenvalue weighted by molar-refractivity contribution is 5.08. The van der Waals surface area contributed by atoms with E-state index in [0.29, 0.717) is 11.5 Å². The molecule has 1 atom stereocenters. The van der Waals surface area contributed by atoms with Gasteiger partial charge in [0.15, 0.2) is 0 Å². The third-order valence-electron chi connectivity index (χ3n) is 3.00. The van der Waals surface area contributed by atoms with Crippen LogP contribution in [0.1, 0.15) is 46.1 Å². The zero-order chi connectivity index (χ0) is 12.0. The summed E-state index contributed by atoms with van der Waals surface area (Å²) in [6, 6.07) is 2.63. The highest BCUT2D eigenvalue weighted by atomic mass is 16.3. The lowest BCUT2D eigenvalue weighted by Gasteiger charge is -2.30. The van der Waals surface area contributed by atoms with Crippen LogP contribution in [0.15, 0.2) is 23.0 Å². The summed E-state index contributed by atoms with van der Waals surface area (Å²) < 4.78 is 5.14. The monoisotopic (exact) mass is 223 g/mol. The highest BCUT2D eigenvalue weighted by Gasteiger charge is 2.24. The van der Waals surface area contributed by atoms with E-state index in [1.807, 2.05) is 6.26 Å². The molecule has 1 aromatic rings. The maximum absolute atomic E-state index is 5.14. The van der Waals surface area contributed by atoms with Crippen molar-refractivity contribution in [2.24, 2.45) is 5.41 Å². The second kappa shape index (κ2) is 6.09. The quantitative estimate of drug-likeness (QED) is 0.763. The van der Waals surface area contributed by atoms with E-state index in [1.54, 1.807) is 6.26 Å². The molecule has 0 saturated carbocycles. The van der Waals surface area contributed by atoms with Crippen LogP contribution in [0, 0.1) is 5.41 Å². The van der Waals surface area contributed by atoms with Gasteiger partial charge in [-0.1, -0.05) is 34.1 Å². The van der Waals surface area contributed by atoms with E-state index in [1.165, 1.54) is 18.4 Å². The average Bonchev–Trinajstić information content (AvgIpc) is 2.68. The zero-order valence-electron chi connectivity index (χ0n) is 11.0. The Kier molecular flexibility index (Phi) is 5.07. The number of hydrogen-bond acceptors (Lipinski definition) is 2. The Morgan fingerprint density at radius 1 is 1.44 bits per heavy atom. The molecule has 0 bridgehead atoms. The summed E-state index contributed by atoms with van der Waals surface area (Å²) in [7, 11) is 0. The molecule has 0 aromatic carbocycles. The Bertz CT molecular complexity index is 279. The largest absolute Gasteiger partial charge is 0.472 e. The molecule has 1 heterocycles. The van der Waals surface area contributed by atoms with E-state index >= 15 is 0 Å². The molecule has 1 aromatic heterocycles. The van der Waals surface area contributed by atoms with Crippen LogP contribution >= 0.6 is 0 Å². The van der Waals surface area contributed by atoms with Gasteiger partial charge in [0.25, 0.3) is 0 Å². The van der Waals surface area contributed by atoms with E-state index in [2.05, 4.69) is 39.1 Å². The fraction of sp³-hybridized carbons (Fsp3) is 0.714. The molecule has 2 heteroatoms. The summed E-state index contributed by atoms with van der Waals surface area (Å²) in [5.41, 5.74) is 1.64. The van der Waals surface area contributed by atoms with Gasteiger partial charge in [0.2, 0.25) is 0 Å². The van der Waals surface area contributed by atoms with Crippen molar-refractivity contribution in [2.75, 3.05) is 6.54 Å². The van der Waals surface area contributed by atoms with Crippen molar-refractivity contribution in [3.8, 4) is 0 Å². The molecule has 0 aliphatic carbocycles. The van der Waals surface area contributed by atoms with Crippen molar-refractivity contribution in [2.45, 2.75) is 53.0 Å². The van der Waals surface area contributed by atoms with Gasteiger partial charge in [-0.15, -0.1) is 0 Å². The molecule has 2 nitrogen and oxygen atoms in total. The smallest absolute Gasteiger partial charge is 0.0934 e. The van der Waals surface area contributed by atoms with Gasteiger partial charge >= 0.3 is 0 Å². The van der Waals surface area contributed by atoms with E-state index in [-0.39, 0.29) is 0 Å². The lowest BCUT2D eigenvalue weighted by Crippen LogP contribution is -2.37. The van der Waals surface area contributed by atoms with E-state index in [9.17, 15) is 0 Å². The SMILES string of the molecule is CCCC(C)(CNC(C)C)Cc1ccoc1. The first kappa shape index (κ1) is 13.3. The normalized spacial score (nSPS) is 15.3. The maximum atomic E-state index is 5.14. The number of rotatable bonds is 7. The molecule has 92 valence electrons. The topological polar surface area (TPSA) is 25.2 Å². The first-order chi connectivity index (χ1) is 7.56. The number of furan rings is 1. The van der Waals surface area contributed by atoms with Gasteiger partial charge in [-0.3, -0.25) is 0 Å². The molecule has 0 amide bonds. The van der Waals surface area contributed by atoms with Crippen LogP contribution in [0.25, 0.3) is 0 Å². The Morgan fingerprint density at radius 3 is 2.69 bits per heavy atom. The molecule has 0 fully saturated rings. The molecule has 0 saturated heterocycles. The van der Waals surface area contributed by atoms with E-state index in [0.717, 1.165) is 13.0 Å². The van der Waals surface area contributed by atoms with Crippen LogP contribution < -0.4 is 5.32 Å². The maximum Gasteiger partial charge on any atom is 0.0934 e. The Morgan fingerprint density at radius 2 is 2.19 bits per heavy atom. The van der Waals surface area contributed by atoms with Crippen molar-refractivity contribution in [1.29, 1.82) is 0 Å². The summed E-state index contributed by atoms with van der Waals surface area (Å²) in [6.07, 6.45) is 7.20. The Balaban J connectivity index is 2.56. The van der Waals surface area contributed by atoms with Crippen molar-refractivity contribution in [3.63, 3.8) is 0 Å². The third-order valence-corrected chi connectivity index (χ3v) is 3.00. The fourth-order valence-electron chi connectivity index (χ4n) is 2.18. The van der Waals surface area contributed by atoms with Crippen LogP contribution in [-0.4, -0.2) is 12.6 Å². The van der Waals surface area contributed by atoms with Gasteiger partial charge in [0.05, 0.1) is 12.5 Å². The molecule has 1 unspecified atom stereocenters. The predicted octanol–water partition coefficient (Wildman–Crippen LogP) is 3.63. The molecule has 1 rings (SSSR count). The molecule has 16 heavy (non-hydrogen) atoms. The van der Waals surface area contributed by atoms with Crippen molar-refractivity contribution < 1.29 is 4.42 Å². The highest BCUT2D eigenvalue weighted by Crippen LogP contribution is 2.27. The Hall–Kier alpha value is -0.760. The number of hydrogen-bond donors (Lipinski definition) is 1. The average molecular weight is 223 g/mol. The van der Waals surface area contributed by atoms with Crippen LogP contribution in [-0.2, 0) is 6.42 Å². The van der Waals surface area contributed by atoms with Crippen LogP contribution in [0.4, 0.5) is 0 Å². The second-order valence-corrected chi connectivity index (χ2v) is 5.40. The van der Waals surface area contributed by atoms with Crippen molar-refractivity contribution >= 4 is 0 Å². The van der Waals surface area contributed by atoms with Gasteiger partial charge < -0.3 is 9.73 Å². The molecular weight excluding hydrogens is 198 g/mol. The lowest BCUT2D eigenvalue weighted by molar-refractivity contribution is 0.266. The molecule has 0 spiro atoms. The molecule has 0 radical (unpaired) electrons. The fourth-order valence-corrected chi connectivity index (χ4v) is 2.18. The van der Waals surface area contributed by atoms with Gasteiger partial charge in [0.1, 0.15) is 0 Å². The summed E-state index contributed by atoms with van der Waals surface area (Å²) in [4.78, 5) is 0. The Labute approximate surface area is 99.4 Å². The minimum atomic E-state index is 0.336. The molecular formula is C14H25NO. The molecule has 0 aliphatic heterocycles. The van der Waals surface area contributed by atoms with Gasteiger partial charge in [-0.05, 0) is 29.9 Å². The zero-order valence-corrected chi connectivity index (χ0v) is 11.0. The van der Waals surface area contributed by atoms with E-state index < -0.39 is 0 Å². The molecule has 0 aliphatic rings. The summed E-state index contributed by atoms with van der Waals surface area (Å²) in [5, 5.41) is 3.55. The number of nitrogens with one attached hydrogen (secondary N) is 1. The van der Waals surface area contributed by atoms with Crippen LogP contribution in [0.2, 0.25) is 0 Å². The van der Waals surface area contributed by atoms with Gasteiger partial charge in [-0.25, -0.2) is 0 Å².